The van der Waals surface area contributed by atoms with Gasteiger partial charge in [-0.15, -0.1) is 0 Å². The van der Waals surface area contributed by atoms with Crippen LogP contribution in [0.2, 0.25) is 0 Å². The van der Waals surface area contributed by atoms with Gasteiger partial charge in [-0.2, -0.15) is 0 Å². The molecule has 0 saturated carbocycles. The van der Waals surface area contributed by atoms with Gasteiger partial charge in [0.15, 0.2) is 0 Å². The fraction of sp³-hybridized carbons (Fsp3) is 0.316. The second-order valence-electron chi connectivity index (χ2n) is 5.94. The summed E-state index contributed by atoms with van der Waals surface area (Å²) >= 11 is 0. The zero-order valence-corrected chi connectivity index (χ0v) is 14.2. The number of esters is 1. The predicted molar refractivity (Wildman–Crippen MR) is 94.8 cm³/mol. The van der Waals surface area contributed by atoms with Crippen molar-refractivity contribution in [3.8, 4) is 0 Å². The quantitative estimate of drug-likeness (QED) is 0.649. The number of urea groups is 1. The third kappa shape index (κ3) is 4.35. The Hall–Kier alpha value is -2.89. The lowest BCUT2D eigenvalue weighted by molar-refractivity contribution is 0.0500. The van der Waals surface area contributed by atoms with Crippen LogP contribution < -0.4 is 10.2 Å². The second-order valence-corrected chi connectivity index (χ2v) is 5.94. The van der Waals surface area contributed by atoms with E-state index in [4.69, 9.17) is 4.74 Å². The average molecular weight is 339 g/mol. The molecular weight excluding hydrogens is 318 g/mol. The number of amides is 2. The smallest absolute Gasteiger partial charge is 0.338 e. The molecule has 1 N–H and O–H groups in total. The van der Waals surface area contributed by atoms with Gasteiger partial charge in [0.1, 0.15) is 0 Å². The molecule has 1 saturated heterocycles. The van der Waals surface area contributed by atoms with Crippen molar-refractivity contribution in [2.75, 3.05) is 24.6 Å². The molecule has 2 aromatic rings. The van der Waals surface area contributed by atoms with Gasteiger partial charge in [-0.1, -0.05) is 12.1 Å². The molecule has 1 aromatic heterocycles. The van der Waals surface area contributed by atoms with Crippen molar-refractivity contribution in [3.05, 3.63) is 59.4 Å². The number of carbonyl (C=O) groups excluding carboxylic acids is 2. The Morgan fingerprint density at radius 1 is 1.28 bits per heavy atom. The highest BCUT2D eigenvalue weighted by atomic mass is 16.5. The molecule has 0 unspecified atom stereocenters. The molecule has 1 fully saturated rings. The van der Waals surface area contributed by atoms with Crippen LogP contribution in [0, 0.1) is 6.92 Å². The molecule has 6 heteroatoms. The molecule has 3 rings (SSSR count). The largest absolute Gasteiger partial charge is 0.462 e. The van der Waals surface area contributed by atoms with Gasteiger partial charge in [0.25, 0.3) is 0 Å². The molecule has 0 bridgehead atoms. The number of aromatic nitrogens is 1. The summed E-state index contributed by atoms with van der Waals surface area (Å²) in [7, 11) is 0. The molecule has 0 radical (unpaired) electrons. The molecule has 1 aliphatic rings. The van der Waals surface area contributed by atoms with Crippen molar-refractivity contribution in [1.29, 1.82) is 0 Å². The summed E-state index contributed by atoms with van der Waals surface area (Å²) in [5.41, 5.74) is 3.13. The predicted octanol–water partition coefficient (Wildman–Crippen LogP) is 2.71. The lowest BCUT2D eigenvalue weighted by atomic mass is 10.2. The molecule has 1 aliphatic heterocycles. The third-order valence-corrected chi connectivity index (χ3v) is 4.01. The summed E-state index contributed by atoms with van der Waals surface area (Å²) in [6, 6.07) is 12.7. The number of nitrogens with one attached hydrogen (secondary N) is 1. The Kier molecular flexibility index (Phi) is 5.28. The van der Waals surface area contributed by atoms with Gasteiger partial charge < -0.3 is 10.1 Å². The lowest BCUT2D eigenvalue weighted by Crippen LogP contribution is -2.27. The van der Waals surface area contributed by atoms with Crippen molar-refractivity contribution in [1.82, 2.24) is 10.3 Å². The molecule has 2 amide bonds. The number of ether oxygens (including phenoxy) is 1. The van der Waals surface area contributed by atoms with Gasteiger partial charge in [0.2, 0.25) is 0 Å². The third-order valence-electron chi connectivity index (χ3n) is 4.01. The van der Waals surface area contributed by atoms with Crippen molar-refractivity contribution >= 4 is 17.7 Å². The maximum atomic E-state index is 12.2. The Balaban J connectivity index is 1.52. The van der Waals surface area contributed by atoms with E-state index in [-0.39, 0.29) is 12.0 Å². The highest BCUT2D eigenvalue weighted by Crippen LogP contribution is 2.18. The zero-order chi connectivity index (χ0) is 17.6. The molecule has 0 aliphatic carbocycles. The average Bonchev–Trinajstić information content (AvgIpc) is 3.05. The maximum Gasteiger partial charge on any atom is 0.338 e. The normalized spacial score (nSPS) is 13.6. The summed E-state index contributed by atoms with van der Waals surface area (Å²) < 4.78 is 5.34. The molecule has 1 aromatic carbocycles. The first-order valence-electron chi connectivity index (χ1n) is 8.38. The fourth-order valence-corrected chi connectivity index (χ4v) is 2.76. The molecule has 25 heavy (non-hydrogen) atoms. The van der Waals surface area contributed by atoms with Gasteiger partial charge in [0.05, 0.1) is 12.2 Å². The van der Waals surface area contributed by atoms with E-state index in [1.54, 1.807) is 23.1 Å². The summed E-state index contributed by atoms with van der Waals surface area (Å²) in [6.07, 6.45) is 1.49. The first-order valence-corrected chi connectivity index (χ1v) is 8.38. The van der Waals surface area contributed by atoms with E-state index in [1.807, 2.05) is 31.2 Å². The number of hydrogen-bond acceptors (Lipinski definition) is 4. The molecule has 0 spiro atoms. The molecule has 2 heterocycles. The molecule has 130 valence electrons. The lowest BCUT2D eigenvalue weighted by Gasteiger charge is -2.15. The highest BCUT2D eigenvalue weighted by molar-refractivity contribution is 5.96. The monoisotopic (exact) mass is 339 g/mol. The number of benzene rings is 1. The summed E-state index contributed by atoms with van der Waals surface area (Å²) in [6.45, 7) is 3.50. The number of hydrogen-bond donors (Lipinski definition) is 1. The van der Waals surface area contributed by atoms with Crippen LogP contribution in [-0.2, 0) is 11.2 Å². The summed E-state index contributed by atoms with van der Waals surface area (Å²) in [5.74, 6) is -0.376. The first kappa shape index (κ1) is 17.0. The zero-order valence-electron chi connectivity index (χ0n) is 14.2. The topological polar surface area (TPSA) is 71.5 Å². The SMILES string of the molecule is Cc1cccc(CCCOC(=O)c2cccc(N3CCNC3=O)c2)n1. The number of anilines is 1. The minimum absolute atomic E-state index is 0.142. The van der Waals surface area contributed by atoms with Crippen LogP contribution in [0.4, 0.5) is 10.5 Å². The van der Waals surface area contributed by atoms with Crippen molar-refractivity contribution in [2.24, 2.45) is 0 Å². The van der Waals surface area contributed by atoms with E-state index in [0.29, 0.717) is 30.9 Å². The Morgan fingerprint density at radius 3 is 2.88 bits per heavy atom. The number of aryl methyl sites for hydroxylation is 2. The van der Waals surface area contributed by atoms with Gasteiger partial charge >= 0.3 is 12.0 Å². The van der Waals surface area contributed by atoms with E-state index in [0.717, 1.165) is 24.2 Å². The van der Waals surface area contributed by atoms with E-state index in [2.05, 4.69) is 10.3 Å². The minimum Gasteiger partial charge on any atom is -0.462 e. The summed E-state index contributed by atoms with van der Waals surface area (Å²) in [5, 5.41) is 2.74. The Bertz CT molecular complexity index is 776. The van der Waals surface area contributed by atoms with Gasteiger partial charge in [0, 0.05) is 30.2 Å². The van der Waals surface area contributed by atoms with Crippen LogP contribution in [0.15, 0.2) is 42.5 Å². The number of nitrogens with zero attached hydrogens (tertiary/aromatic N) is 2. The minimum atomic E-state index is -0.376. The van der Waals surface area contributed by atoms with Crippen molar-refractivity contribution < 1.29 is 14.3 Å². The Labute approximate surface area is 146 Å². The summed E-state index contributed by atoms with van der Waals surface area (Å²) in [4.78, 5) is 30.0. The standard InChI is InChI=1S/C19H21N3O3/c1-14-5-2-7-16(21-14)8-4-12-25-18(23)15-6-3-9-17(13-15)22-11-10-20-19(22)24/h2-3,5-7,9,13H,4,8,10-12H2,1H3,(H,20,24). The van der Waals surface area contributed by atoms with E-state index < -0.39 is 0 Å². The van der Waals surface area contributed by atoms with Crippen LogP contribution in [-0.4, -0.2) is 36.7 Å². The number of pyridine rings is 1. The van der Waals surface area contributed by atoms with Crippen LogP contribution >= 0.6 is 0 Å². The van der Waals surface area contributed by atoms with Gasteiger partial charge in [-0.05, 0) is 50.1 Å². The van der Waals surface area contributed by atoms with Crippen LogP contribution in [0.1, 0.15) is 28.2 Å². The van der Waals surface area contributed by atoms with Crippen LogP contribution in [0.3, 0.4) is 0 Å². The maximum absolute atomic E-state index is 12.2. The number of rotatable bonds is 6. The molecule has 0 atom stereocenters. The second kappa shape index (κ2) is 7.79. The van der Waals surface area contributed by atoms with E-state index >= 15 is 0 Å². The van der Waals surface area contributed by atoms with Crippen molar-refractivity contribution in [2.45, 2.75) is 19.8 Å². The van der Waals surface area contributed by atoms with Crippen LogP contribution in [0.25, 0.3) is 0 Å². The first-order chi connectivity index (χ1) is 12.1. The van der Waals surface area contributed by atoms with Gasteiger partial charge in [-0.3, -0.25) is 9.88 Å². The molecule has 6 nitrogen and oxygen atoms in total. The van der Waals surface area contributed by atoms with Crippen molar-refractivity contribution in [3.63, 3.8) is 0 Å². The fourth-order valence-electron chi connectivity index (χ4n) is 2.76. The van der Waals surface area contributed by atoms with E-state index in [1.165, 1.54) is 0 Å². The highest BCUT2D eigenvalue weighted by Gasteiger charge is 2.21. The van der Waals surface area contributed by atoms with Crippen LogP contribution in [0.5, 0.6) is 0 Å². The Morgan fingerprint density at radius 2 is 2.12 bits per heavy atom. The van der Waals surface area contributed by atoms with E-state index in [9.17, 15) is 9.59 Å². The van der Waals surface area contributed by atoms with Gasteiger partial charge in [-0.25, -0.2) is 9.59 Å². The number of carbonyl (C=O) groups is 2. The molecular formula is C19H21N3O3.